The van der Waals surface area contributed by atoms with Crippen molar-refractivity contribution in [1.29, 1.82) is 0 Å². The van der Waals surface area contributed by atoms with Crippen molar-refractivity contribution in [2.45, 2.75) is 20.4 Å². The van der Waals surface area contributed by atoms with Crippen molar-refractivity contribution in [2.24, 2.45) is 0 Å². The van der Waals surface area contributed by atoms with Gasteiger partial charge in [-0.25, -0.2) is 0 Å². The minimum Gasteiger partial charge on any atom is -0.456 e. The molecule has 0 N–H and O–H groups in total. The van der Waals surface area contributed by atoms with Crippen LogP contribution in [0.2, 0.25) is 0 Å². The molecule has 1 aromatic heterocycles. The zero-order chi connectivity index (χ0) is 24.6. The number of thioether (sulfide) groups is 1. The Kier molecular flexibility index (Phi) is 6.03. The summed E-state index contributed by atoms with van der Waals surface area (Å²) < 4.78 is 5.75. The Morgan fingerprint density at radius 1 is 0.971 bits per heavy atom. The Labute approximate surface area is 197 Å². The Balaban J connectivity index is 1.56. The molecule has 172 valence electrons. The third-order valence-electron chi connectivity index (χ3n) is 5.34. The van der Waals surface area contributed by atoms with Crippen LogP contribution in [0.5, 0.6) is 0 Å². The van der Waals surface area contributed by atoms with Crippen molar-refractivity contribution in [2.75, 3.05) is 0 Å². The van der Waals surface area contributed by atoms with Crippen LogP contribution in [0.15, 0.2) is 57.9 Å². The molecule has 1 aliphatic heterocycles. The van der Waals surface area contributed by atoms with Crippen LogP contribution in [0.25, 0.3) is 17.4 Å². The van der Waals surface area contributed by atoms with Crippen LogP contribution in [0.3, 0.4) is 0 Å². The minimum absolute atomic E-state index is 0.0295. The van der Waals surface area contributed by atoms with Gasteiger partial charge in [-0.05, 0) is 60.5 Å². The predicted octanol–water partition coefficient (Wildman–Crippen LogP) is 5.62. The van der Waals surface area contributed by atoms with Gasteiger partial charge in [0.25, 0.3) is 22.5 Å². The smallest absolute Gasteiger partial charge is 0.293 e. The number of benzene rings is 2. The highest BCUT2D eigenvalue weighted by Crippen LogP contribution is 2.36. The quantitative estimate of drug-likeness (QED) is 0.252. The molecular formula is C23H17N3O7S. The van der Waals surface area contributed by atoms with Gasteiger partial charge in [0, 0.05) is 24.3 Å². The number of hydrogen-bond donors (Lipinski definition) is 0. The third kappa shape index (κ3) is 4.46. The largest absolute Gasteiger partial charge is 0.456 e. The zero-order valence-electron chi connectivity index (χ0n) is 18.0. The van der Waals surface area contributed by atoms with E-state index in [1.165, 1.54) is 36.4 Å². The molecule has 11 heteroatoms. The first-order valence-electron chi connectivity index (χ1n) is 9.98. The van der Waals surface area contributed by atoms with Gasteiger partial charge in [0.1, 0.15) is 11.5 Å². The molecule has 1 aliphatic rings. The fourth-order valence-electron chi connectivity index (χ4n) is 3.40. The summed E-state index contributed by atoms with van der Waals surface area (Å²) >= 11 is 0.744. The molecule has 34 heavy (non-hydrogen) atoms. The molecule has 0 aliphatic carbocycles. The molecule has 0 spiro atoms. The summed E-state index contributed by atoms with van der Waals surface area (Å²) in [7, 11) is 0. The molecule has 0 saturated carbocycles. The third-order valence-corrected chi connectivity index (χ3v) is 6.24. The number of nitro benzene ring substituents is 2. The van der Waals surface area contributed by atoms with Gasteiger partial charge in [0.15, 0.2) is 0 Å². The summed E-state index contributed by atoms with van der Waals surface area (Å²) in [5.74, 6) is 0.0120. The second kappa shape index (κ2) is 8.94. The molecule has 4 rings (SSSR count). The highest BCUT2D eigenvalue weighted by atomic mass is 32.2. The number of amides is 2. The molecular weight excluding hydrogens is 462 g/mol. The lowest BCUT2D eigenvalue weighted by molar-refractivity contribution is -0.384. The van der Waals surface area contributed by atoms with Crippen molar-refractivity contribution in [3.8, 4) is 11.3 Å². The predicted molar refractivity (Wildman–Crippen MR) is 125 cm³/mol. The molecule has 10 nitrogen and oxygen atoms in total. The number of aryl methyl sites for hydroxylation is 2. The van der Waals surface area contributed by atoms with Gasteiger partial charge in [0.05, 0.1) is 26.9 Å². The number of furan rings is 1. The van der Waals surface area contributed by atoms with Crippen molar-refractivity contribution in [3.05, 3.63) is 96.1 Å². The van der Waals surface area contributed by atoms with Crippen molar-refractivity contribution >= 4 is 40.4 Å². The standard InChI is InChI=1S/C23H17N3O7S/c1-13-9-18(19(26(31)32)10-14(13)2)20-8-7-17(33-20)11-21-22(27)24(23(28)34-21)12-15-3-5-16(6-4-15)25(29)30/h3-11H,12H2,1-2H3/b21-11-. The van der Waals surface area contributed by atoms with Gasteiger partial charge >= 0.3 is 0 Å². The minimum atomic E-state index is -0.531. The fourth-order valence-corrected chi connectivity index (χ4v) is 4.21. The average molecular weight is 479 g/mol. The highest BCUT2D eigenvalue weighted by Gasteiger charge is 2.35. The molecule has 3 aromatic rings. The number of carbonyl (C=O) groups is 2. The first-order chi connectivity index (χ1) is 16.1. The van der Waals surface area contributed by atoms with Gasteiger partial charge in [-0.1, -0.05) is 12.1 Å². The van der Waals surface area contributed by atoms with Crippen LogP contribution in [0, 0.1) is 34.1 Å². The van der Waals surface area contributed by atoms with Gasteiger partial charge in [-0.15, -0.1) is 0 Å². The lowest BCUT2D eigenvalue weighted by Crippen LogP contribution is -2.27. The second-order valence-corrected chi connectivity index (χ2v) is 8.60. The Bertz CT molecular complexity index is 1380. The molecule has 0 bridgehead atoms. The summed E-state index contributed by atoms with van der Waals surface area (Å²) in [6.45, 7) is 3.60. The molecule has 0 unspecified atom stereocenters. The van der Waals surface area contributed by atoms with Crippen LogP contribution < -0.4 is 0 Å². The van der Waals surface area contributed by atoms with Crippen molar-refractivity contribution in [1.82, 2.24) is 4.90 Å². The number of hydrogen-bond acceptors (Lipinski definition) is 8. The fraction of sp³-hybridized carbons (Fsp3) is 0.130. The number of imide groups is 1. The number of nitro groups is 2. The molecule has 1 saturated heterocycles. The van der Waals surface area contributed by atoms with Crippen LogP contribution >= 0.6 is 11.8 Å². The SMILES string of the molecule is Cc1cc(-c2ccc(/C=C3\SC(=O)N(Cc4ccc([N+](=O)[O-])cc4)C3=O)o2)c([N+](=O)[O-])cc1C. The first-order valence-corrected chi connectivity index (χ1v) is 10.8. The molecule has 0 atom stereocenters. The maximum absolute atomic E-state index is 12.8. The molecule has 0 radical (unpaired) electrons. The van der Waals surface area contributed by atoms with Gasteiger partial charge in [-0.3, -0.25) is 34.7 Å². The Morgan fingerprint density at radius 3 is 2.29 bits per heavy atom. The molecule has 2 aromatic carbocycles. The van der Waals surface area contributed by atoms with Gasteiger partial charge < -0.3 is 4.42 Å². The maximum Gasteiger partial charge on any atom is 0.293 e. The number of nitrogens with zero attached hydrogens (tertiary/aromatic N) is 3. The Morgan fingerprint density at radius 2 is 1.65 bits per heavy atom. The van der Waals surface area contributed by atoms with E-state index in [4.69, 9.17) is 4.42 Å². The normalized spacial score (nSPS) is 14.8. The van der Waals surface area contributed by atoms with Crippen LogP contribution in [0.1, 0.15) is 22.5 Å². The van der Waals surface area contributed by atoms with E-state index >= 15 is 0 Å². The first kappa shape index (κ1) is 22.9. The van der Waals surface area contributed by atoms with Gasteiger partial charge in [-0.2, -0.15) is 0 Å². The van der Waals surface area contributed by atoms with Crippen molar-refractivity contribution < 1.29 is 23.9 Å². The monoisotopic (exact) mass is 479 g/mol. The van der Waals surface area contributed by atoms with Crippen LogP contribution in [-0.2, 0) is 11.3 Å². The summed E-state index contributed by atoms with van der Waals surface area (Å²) in [5, 5.41) is 21.8. The van der Waals surface area contributed by atoms with E-state index in [0.29, 0.717) is 11.1 Å². The van der Waals surface area contributed by atoms with E-state index in [1.54, 1.807) is 25.1 Å². The van der Waals surface area contributed by atoms with Gasteiger partial charge in [0.2, 0.25) is 0 Å². The number of carbonyl (C=O) groups excluding carboxylic acids is 2. The maximum atomic E-state index is 12.8. The van der Waals surface area contributed by atoms with E-state index in [1.807, 2.05) is 6.92 Å². The molecule has 2 heterocycles. The number of non-ortho nitro benzene ring substituents is 1. The summed E-state index contributed by atoms with van der Waals surface area (Å²) in [4.78, 5) is 47.6. The molecule has 2 amide bonds. The van der Waals surface area contributed by atoms with E-state index in [2.05, 4.69) is 0 Å². The highest BCUT2D eigenvalue weighted by molar-refractivity contribution is 8.18. The summed E-state index contributed by atoms with van der Waals surface area (Å²) in [6.07, 6.45) is 1.41. The lowest BCUT2D eigenvalue weighted by Gasteiger charge is -2.12. The van der Waals surface area contributed by atoms with E-state index in [9.17, 15) is 29.8 Å². The summed E-state index contributed by atoms with van der Waals surface area (Å²) in [6, 6.07) is 11.9. The molecule has 1 fully saturated rings. The van der Waals surface area contributed by atoms with E-state index in [-0.39, 0.29) is 34.3 Å². The second-order valence-electron chi connectivity index (χ2n) is 7.60. The summed E-state index contributed by atoms with van der Waals surface area (Å²) in [5.41, 5.74) is 2.35. The zero-order valence-corrected chi connectivity index (χ0v) is 18.8. The van der Waals surface area contributed by atoms with E-state index < -0.39 is 21.0 Å². The van der Waals surface area contributed by atoms with E-state index in [0.717, 1.165) is 27.8 Å². The van der Waals surface area contributed by atoms with Crippen LogP contribution in [0.4, 0.5) is 16.2 Å². The van der Waals surface area contributed by atoms with Crippen molar-refractivity contribution in [3.63, 3.8) is 0 Å². The average Bonchev–Trinajstić information content (AvgIpc) is 3.36. The number of rotatable bonds is 6. The topological polar surface area (TPSA) is 137 Å². The lowest BCUT2D eigenvalue weighted by atomic mass is 10.0. The van der Waals surface area contributed by atoms with Crippen LogP contribution in [-0.4, -0.2) is 25.9 Å². The Hall–Kier alpha value is -4.25.